The number of methoxy groups -OCH3 is 3. The summed E-state index contributed by atoms with van der Waals surface area (Å²) in [7, 11) is 4.73. The van der Waals surface area contributed by atoms with E-state index < -0.39 is 0 Å². The van der Waals surface area contributed by atoms with Gasteiger partial charge >= 0.3 is 0 Å². The van der Waals surface area contributed by atoms with Gasteiger partial charge in [0.05, 0.1) is 26.9 Å². The van der Waals surface area contributed by atoms with Crippen LogP contribution in [0.2, 0.25) is 0 Å². The number of aliphatic imine (C=N–C) groups is 1. The summed E-state index contributed by atoms with van der Waals surface area (Å²) in [4.78, 5) is 16.7. The van der Waals surface area contributed by atoms with Gasteiger partial charge in [-0.3, -0.25) is 4.79 Å². The molecule has 0 radical (unpaired) electrons. The van der Waals surface area contributed by atoms with Crippen molar-refractivity contribution in [2.24, 2.45) is 4.99 Å². The third-order valence-corrected chi connectivity index (χ3v) is 3.79. The lowest BCUT2D eigenvalue weighted by Gasteiger charge is -2.07. The van der Waals surface area contributed by atoms with Crippen LogP contribution in [0.3, 0.4) is 0 Å². The van der Waals surface area contributed by atoms with Gasteiger partial charge in [0.2, 0.25) is 0 Å². The highest BCUT2D eigenvalue weighted by atomic mass is 16.5. The van der Waals surface area contributed by atoms with Crippen molar-refractivity contribution in [2.45, 2.75) is 0 Å². The zero-order chi connectivity index (χ0) is 17.8. The molecule has 0 saturated heterocycles. The Hall–Kier alpha value is -3.28. The maximum absolute atomic E-state index is 12.3. The number of rotatable bonds is 5. The third-order valence-electron chi connectivity index (χ3n) is 3.79. The summed E-state index contributed by atoms with van der Waals surface area (Å²) in [5.41, 5.74) is 1.76. The Morgan fingerprint density at radius 1 is 0.960 bits per heavy atom. The Labute approximate surface area is 145 Å². The summed E-state index contributed by atoms with van der Waals surface area (Å²) < 4.78 is 15.9. The molecule has 1 heterocycles. The number of amides is 1. The molecule has 1 aliphatic heterocycles. The highest BCUT2D eigenvalue weighted by molar-refractivity contribution is 6.20. The molecule has 0 atom stereocenters. The van der Waals surface area contributed by atoms with Crippen molar-refractivity contribution in [3.8, 4) is 17.2 Å². The average molecular weight is 338 g/mol. The molecule has 0 aromatic heterocycles. The predicted octanol–water partition coefficient (Wildman–Crippen LogP) is 2.63. The molecule has 0 unspecified atom stereocenters. The Bertz CT molecular complexity index is 871. The molecule has 0 saturated carbocycles. The fourth-order valence-corrected chi connectivity index (χ4v) is 2.52. The van der Waals surface area contributed by atoms with Gasteiger partial charge in [-0.05, 0) is 30.3 Å². The monoisotopic (exact) mass is 338 g/mol. The maximum Gasteiger partial charge on any atom is 0.275 e. The summed E-state index contributed by atoms with van der Waals surface area (Å²) in [6.45, 7) is 0. The van der Waals surface area contributed by atoms with Crippen molar-refractivity contribution >= 4 is 17.8 Å². The van der Waals surface area contributed by atoms with E-state index in [1.807, 2.05) is 30.3 Å². The van der Waals surface area contributed by atoms with Gasteiger partial charge in [0.1, 0.15) is 28.8 Å². The molecule has 0 bridgehead atoms. The molecule has 2 aromatic carbocycles. The van der Waals surface area contributed by atoms with Crippen LogP contribution >= 0.6 is 0 Å². The minimum Gasteiger partial charge on any atom is -0.497 e. The quantitative estimate of drug-likeness (QED) is 0.851. The number of carbonyl (C=O) groups excluding carboxylic acids is 1. The van der Waals surface area contributed by atoms with Gasteiger partial charge in [0, 0.05) is 11.6 Å². The van der Waals surface area contributed by atoms with Crippen molar-refractivity contribution in [2.75, 3.05) is 21.3 Å². The summed E-state index contributed by atoms with van der Waals surface area (Å²) in [6, 6.07) is 12.7. The van der Waals surface area contributed by atoms with Gasteiger partial charge in [-0.25, -0.2) is 4.99 Å². The Morgan fingerprint density at radius 3 is 2.44 bits per heavy atom. The molecule has 0 fully saturated rings. The lowest BCUT2D eigenvalue weighted by Crippen LogP contribution is -2.25. The van der Waals surface area contributed by atoms with E-state index in [2.05, 4.69) is 10.3 Å². The molecule has 128 valence electrons. The first-order valence-electron chi connectivity index (χ1n) is 7.63. The van der Waals surface area contributed by atoms with E-state index in [0.717, 1.165) is 11.1 Å². The molecule has 6 heteroatoms. The highest BCUT2D eigenvalue weighted by Crippen LogP contribution is 2.28. The topological polar surface area (TPSA) is 69.2 Å². The lowest BCUT2D eigenvalue weighted by molar-refractivity contribution is -0.115. The number of amidine groups is 1. The normalized spacial score (nSPS) is 14.9. The van der Waals surface area contributed by atoms with Crippen LogP contribution in [0.4, 0.5) is 0 Å². The molecule has 25 heavy (non-hydrogen) atoms. The molecule has 1 aliphatic rings. The Kier molecular flexibility index (Phi) is 4.70. The second kappa shape index (κ2) is 7.09. The van der Waals surface area contributed by atoms with Gasteiger partial charge < -0.3 is 19.5 Å². The first-order chi connectivity index (χ1) is 12.2. The van der Waals surface area contributed by atoms with Crippen LogP contribution in [-0.4, -0.2) is 33.1 Å². The first-order valence-corrected chi connectivity index (χ1v) is 7.63. The van der Waals surface area contributed by atoms with Crippen molar-refractivity contribution < 1.29 is 19.0 Å². The fraction of sp³-hybridized carbons (Fsp3) is 0.158. The van der Waals surface area contributed by atoms with E-state index in [0.29, 0.717) is 28.8 Å². The van der Waals surface area contributed by atoms with E-state index in [9.17, 15) is 4.79 Å². The lowest BCUT2D eigenvalue weighted by atomic mass is 10.1. The molecule has 0 spiro atoms. The van der Waals surface area contributed by atoms with Crippen molar-refractivity contribution in [1.82, 2.24) is 5.32 Å². The van der Waals surface area contributed by atoms with E-state index in [1.54, 1.807) is 39.5 Å². The zero-order valence-electron chi connectivity index (χ0n) is 14.2. The number of hydrogen-bond acceptors (Lipinski definition) is 5. The second-order valence-electron chi connectivity index (χ2n) is 5.25. The van der Waals surface area contributed by atoms with Crippen molar-refractivity contribution in [3.05, 3.63) is 59.3 Å². The third kappa shape index (κ3) is 3.33. The Morgan fingerprint density at radius 2 is 1.72 bits per heavy atom. The molecule has 6 nitrogen and oxygen atoms in total. The fourth-order valence-electron chi connectivity index (χ4n) is 2.52. The SMILES string of the molecule is COc1ccc(/C=C2/N=C(c3ccccc3OC)NC2=O)c(OC)c1. The number of ether oxygens (including phenoxy) is 3. The van der Waals surface area contributed by atoms with Crippen LogP contribution in [0.15, 0.2) is 53.2 Å². The van der Waals surface area contributed by atoms with Crippen LogP contribution in [0.5, 0.6) is 17.2 Å². The molecular formula is C19H18N2O4. The molecule has 1 N–H and O–H groups in total. The second-order valence-corrected chi connectivity index (χ2v) is 5.25. The van der Waals surface area contributed by atoms with Gasteiger partial charge in [-0.2, -0.15) is 0 Å². The van der Waals surface area contributed by atoms with E-state index >= 15 is 0 Å². The number of carbonyl (C=O) groups is 1. The van der Waals surface area contributed by atoms with Crippen LogP contribution in [0, 0.1) is 0 Å². The number of hydrogen-bond donors (Lipinski definition) is 1. The Balaban J connectivity index is 1.99. The predicted molar refractivity (Wildman–Crippen MR) is 95.2 cm³/mol. The van der Waals surface area contributed by atoms with Gasteiger partial charge in [-0.1, -0.05) is 12.1 Å². The summed E-state index contributed by atoms with van der Waals surface area (Å²) in [6.07, 6.45) is 1.68. The van der Waals surface area contributed by atoms with Crippen molar-refractivity contribution in [3.63, 3.8) is 0 Å². The maximum atomic E-state index is 12.3. The number of nitrogens with one attached hydrogen (secondary N) is 1. The van der Waals surface area contributed by atoms with E-state index in [-0.39, 0.29) is 5.91 Å². The molecular weight excluding hydrogens is 320 g/mol. The van der Waals surface area contributed by atoms with Crippen LogP contribution in [0.25, 0.3) is 6.08 Å². The molecule has 2 aromatic rings. The van der Waals surface area contributed by atoms with Crippen LogP contribution in [0.1, 0.15) is 11.1 Å². The van der Waals surface area contributed by atoms with Gasteiger partial charge in [0.25, 0.3) is 5.91 Å². The summed E-state index contributed by atoms with van der Waals surface area (Å²) in [5.74, 6) is 2.10. The smallest absolute Gasteiger partial charge is 0.275 e. The van der Waals surface area contributed by atoms with Gasteiger partial charge in [0.15, 0.2) is 0 Å². The first kappa shape index (κ1) is 16.6. The summed E-state index contributed by atoms with van der Waals surface area (Å²) >= 11 is 0. The number of benzene rings is 2. The number of nitrogens with zero attached hydrogens (tertiary/aromatic N) is 1. The molecule has 3 rings (SSSR count). The molecule has 0 aliphatic carbocycles. The van der Waals surface area contributed by atoms with Crippen LogP contribution < -0.4 is 19.5 Å². The van der Waals surface area contributed by atoms with Crippen molar-refractivity contribution in [1.29, 1.82) is 0 Å². The number of para-hydroxylation sites is 1. The highest BCUT2D eigenvalue weighted by Gasteiger charge is 2.23. The minimum absolute atomic E-state index is 0.279. The van der Waals surface area contributed by atoms with E-state index in [4.69, 9.17) is 14.2 Å². The standard InChI is InChI=1S/C19H18N2O4/c1-23-13-9-8-12(17(11-13)25-3)10-15-19(22)21-18(20-15)14-6-4-5-7-16(14)24-2/h4-11H,1-3H3,(H,20,21,22)/b15-10+. The largest absolute Gasteiger partial charge is 0.497 e. The average Bonchev–Trinajstić information content (AvgIpc) is 3.02. The van der Waals surface area contributed by atoms with E-state index in [1.165, 1.54) is 0 Å². The van der Waals surface area contributed by atoms with Crippen LogP contribution in [-0.2, 0) is 4.79 Å². The zero-order valence-corrected chi connectivity index (χ0v) is 14.2. The van der Waals surface area contributed by atoms with Gasteiger partial charge in [-0.15, -0.1) is 0 Å². The molecule has 1 amide bonds. The summed E-state index contributed by atoms with van der Waals surface area (Å²) in [5, 5.41) is 2.77. The minimum atomic E-state index is -0.279.